The molecule has 9 nitrogen and oxygen atoms in total. The molecule has 2 atom stereocenters. The lowest BCUT2D eigenvalue weighted by Crippen LogP contribution is -2.41. The van der Waals surface area contributed by atoms with Crippen LogP contribution in [0.3, 0.4) is 0 Å². The van der Waals surface area contributed by atoms with E-state index in [-0.39, 0.29) is 46.2 Å². The molecule has 8 rings (SSSR count). The quantitative estimate of drug-likeness (QED) is 0.107. The van der Waals surface area contributed by atoms with Crippen molar-refractivity contribution in [1.82, 2.24) is 0 Å². The first-order valence-corrected chi connectivity index (χ1v) is 13.5. The van der Waals surface area contributed by atoms with Gasteiger partial charge < -0.3 is 4.74 Å². The molecule has 1 heterocycles. The predicted molar refractivity (Wildman–Crippen MR) is 150 cm³/mol. The molecular formula is C33H22N2O7. The second kappa shape index (κ2) is 9.59. The minimum atomic E-state index is -0.827. The fourth-order valence-electron chi connectivity index (χ4n) is 6.79. The zero-order chi connectivity index (χ0) is 29.1. The highest BCUT2D eigenvalue weighted by Crippen LogP contribution is 2.61. The number of ether oxygens (including phenoxy) is 1. The van der Waals surface area contributed by atoms with E-state index in [4.69, 9.17) is 4.74 Å². The van der Waals surface area contributed by atoms with Gasteiger partial charge in [0.15, 0.2) is 6.61 Å². The Balaban J connectivity index is 1.15. The van der Waals surface area contributed by atoms with Crippen LogP contribution in [0.1, 0.15) is 54.8 Å². The molecule has 4 aromatic rings. The molecule has 0 radical (unpaired) electrons. The van der Waals surface area contributed by atoms with E-state index < -0.39 is 35.1 Å². The monoisotopic (exact) mass is 558 g/mol. The Morgan fingerprint density at radius 1 is 0.714 bits per heavy atom. The first kappa shape index (κ1) is 25.5. The SMILES string of the molecule is O=C(COC(=O)c1cccc(N2C(=O)[C@@H]3C4c5ccccc5C(c5ccccc54)[C@@H]3C2=O)c1)c1cccc([N+](=O)[O-])c1. The van der Waals surface area contributed by atoms with Crippen LogP contribution in [0.5, 0.6) is 0 Å². The maximum atomic E-state index is 14.0. The molecule has 4 aromatic carbocycles. The molecule has 3 aliphatic carbocycles. The van der Waals surface area contributed by atoms with Gasteiger partial charge in [-0.05, 0) is 40.5 Å². The summed E-state index contributed by atoms with van der Waals surface area (Å²) in [5.74, 6) is -3.67. The van der Waals surface area contributed by atoms with E-state index in [0.29, 0.717) is 0 Å². The maximum Gasteiger partial charge on any atom is 0.338 e. The van der Waals surface area contributed by atoms with E-state index in [2.05, 4.69) is 0 Å². The molecular weight excluding hydrogens is 536 g/mol. The third-order valence-corrected chi connectivity index (χ3v) is 8.50. The van der Waals surface area contributed by atoms with Crippen molar-refractivity contribution < 1.29 is 28.8 Å². The fraction of sp³-hybridized carbons (Fsp3) is 0.152. The Kier molecular flexibility index (Phi) is 5.83. The zero-order valence-corrected chi connectivity index (χ0v) is 22.0. The molecule has 1 fully saturated rings. The van der Waals surface area contributed by atoms with Crippen LogP contribution in [-0.4, -0.2) is 35.1 Å². The third kappa shape index (κ3) is 3.77. The molecule has 2 bridgehead atoms. The van der Waals surface area contributed by atoms with Crippen molar-refractivity contribution in [3.63, 3.8) is 0 Å². The topological polar surface area (TPSA) is 124 Å². The lowest BCUT2D eigenvalue weighted by atomic mass is 9.55. The number of benzene rings is 4. The molecule has 1 aliphatic heterocycles. The number of imide groups is 1. The highest BCUT2D eigenvalue weighted by atomic mass is 16.6. The summed E-state index contributed by atoms with van der Waals surface area (Å²) in [4.78, 5) is 64.9. The van der Waals surface area contributed by atoms with Gasteiger partial charge in [-0.1, -0.05) is 66.7 Å². The summed E-state index contributed by atoms with van der Waals surface area (Å²) in [6.45, 7) is -0.629. The first-order valence-electron chi connectivity index (χ1n) is 13.5. The maximum absolute atomic E-state index is 14.0. The summed E-state index contributed by atoms with van der Waals surface area (Å²) in [5, 5.41) is 11.0. The summed E-state index contributed by atoms with van der Waals surface area (Å²) >= 11 is 0. The summed E-state index contributed by atoms with van der Waals surface area (Å²) in [5.41, 5.74) is 4.37. The van der Waals surface area contributed by atoms with E-state index >= 15 is 0 Å². The number of Topliss-reactive ketones (excluding diaryl/α,β-unsaturated/α-hetero) is 1. The second-order valence-electron chi connectivity index (χ2n) is 10.6. The van der Waals surface area contributed by atoms with Gasteiger partial charge in [0.25, 0.3) is 5.69 Å². The number of nitro benzene ring substituents is 1. The predicted octanol–water partition coefficient (Wildman–Crippen LogP) is 5.03. The fourth-order valence-corrected chi connectivity index (χ4v) is 6.79. The number of hydrogen-bond acceptors (Lipinski definition) is 7. The standard InChI is InChI=1S/C33H22N2O7/c36-26(18-7-5-10-21(15-18)35(40)41)17-42-33(39)19-8-6-9-20(16-19)34-31(37)29-27-22-11-1-2-12-23(22)28(30(29)32(34)38)25-14-4-3-13-24(25)27/h1-16,27-30H,17H2/t27?,28?,29-,30+. The van der Waals surface area contributed by atoms with Crippen molar-refractivity contribution in [2.45, 2.75) is 11.8 Å². The van der Waals surface area contributed by atoms with Gasteiger partial charge in [-0.15, -0.1) is 0 Å². The van der Waals surface area contributed by atoms with E-state index in [9.17, 15) is 29.3 Å². The van der Waals surface area contributed by atoms with E-state index in [1.54, 1.807) is 12.1 Å². The number of rotatable bonds is 6. The van der Waals surface area contributed by atoms with Crippen LogP contribution in [-0.2, 0) is 14.3 Å². The van der Waals surface area contributed by atoms with Crippen LogP contribution in [0.4, 0.5) is 11.4 Å². The first-order chi connectivity index (χ1) is 20.3. The van der Waals surface area contributed by atoms with Crippen LogP contribution in [0, 0.1) is 22.0 Å². The molecule has 9 heteroatoms. The Hall–Kier alpha value is -5.44. The van der Waals surface area contributed by atoms with Crippen LogP contribution in [0.2, 0.25) is 0 Å². The Bertz CT molecular complexity index is 1730. The molecule has 0 spiro atoms. The molecule has 0 saturated carbocycles. The lowest BCUT2D eigenvalue weighted by Gasteiger charge is -2.45. The normalized spacial score (nSPS) is 21.4. The number of carbonyl (C=O) groups is 4. The molecule has 0 aromatic heterocycles. The molecule has 0 unspecified atom stereocenters. The number of amides is 2. The number of nitrogens with zero attached hydrogens (tertiary/aromatic N) is 2. The average molecular weight is 559 g/mol. The Morgan fingerprint density at radius 3 is 1.79 bits per heavy atom. The number of non-ortho nitro benzene ring substituents is 1. The van der Waals surface area contributed by atoms with Crippen molar-refractivity contribution in [3.8, 4) is 0 Å². The van der Waals surface area contributed by atoms with Gasteiger partial charge in [0.1, 0.15) is 0 Å². The zero-order valence-electron chi connectivity index (χ0n) is 22.0. The van der Waals surface area contributed by atoms with Crippen LogP contribution >= 0.6 is 0 Å². The van der Waals surface area contributed by atoms with Crippen molar-refractivity contribution in [2.24, 2.45) is 11.8 Å². The smallest absolute Gasteiger partial charge is 0.338 e. The summed E-state index contributed by atoms with van der Waals surface area (Å²) in [6.07, 6.45) is 0. The van der Waals surface area contributed by atoms with Gasteiger partial charge in [0.05, 0.1) is 28.0 Å². The molecule has 4 aliphatic rings. The van der Waals surface area contributed by atoms with Gasteiger partial charge in [-0.2, -0.15) is 0 Å². The number of anilines is 1. The van der Waals surface area contributed by atoms with Gasteiger partial charge in [0.2, 0.25) is 17.6 Å². The second-order valence-corrected chi connectivity index (χ2v) is 10.6. The number of ketones is 1. The van der Waals surface area contributed by atoms with Crippen molar-refractivity contribution in [1.29, 1.82) is 0 Å². The molecule has 1 saturated heterocycles. The van der Waals surface area contributed by atoms with Gasteiger partial charge in [-0.25, -0.2) is 9.69 Å². The lowest BCUT2D eigenvalue weighted by molar-refractivity contribution is -0.384. The van der Waals surface area contributed by atoms with Crippen LogP contribution in [0.15, 0.2) is 97.1 Å². The van der Waals surface area contributed by atoms with Crippen molar-refractivity contribution >= 4 is 34.9 Å². The minimum Gasteiger partial charge on any atom is -0.454 e. The Morgan fingerprint density at radius 2 is 1.24 bits per heavy atom. The number of carbonyl (C=O) groups excluding carboxylic acids is 4. The average Bonchev–Trinajstić information content (AvgIpc) is 3.29. The largest absolute Gasteiger partial charge is 0.454 e. The minimum absolute atomic E-state index is 0.0400. The molecule has 206 valence electrons. The molecule has 0 N–H and O–H groups in total. The number of esters is 1. The third-order valence-electron chi connectivity index (χ3n) is 8.50. The number of hydrogen-bond donors (Lipinski definition) is 0. The molecule has 42 heavy (non-hydrogen) atoms. The number of nitro groups is 1. The highest BCUT2D eigenvalue weighted by molar-refractivity contribution is 6.23. The van der Waals surface area contributed by atoms with Gasteiger partial charge in [-0.3, -0.25) is 24.5 Å². The summed E-state index contributed by atoms with van der Waals surface area (Å²) < 4.78 is 5.19. The van der Waals surface area contributed by atoms with Gasteiger partial charge >= 0.3 is 5.97 Å². The van der Waals surface area contributed by atoms with E-state index in [1.165, 1.54) is 35.2 Å². The van der Waals surface area contributed by atoms with Crippen LogP contribution < -0.4 is 4.90 Å². The van der Waals surface area contributed by atoms with E-state index in [0.717, 1.165) is 28.3 Å². The Labute approximate surface area is 239 Å². The van der Waals surface area contributed by atoms with Crippen LogP contribution in [0.25, 0.3) is 0 Å². The molecule has 2 amide bonds. The van der Waals surface area contributed by atoms with Crippen molar-refractivity contribution in [3.05, 3.63) is 141 Å². The van der Waals surface area contributed by atoms with E-state index in [1.807, 2.05) is 48.5 Å². The highest BCUT2D eigenvalue weighted by Gasteiger charge is 2.61. The van der Waals surface area contributed by atoms with Crippen molar-refractivity contribution in [2.75, 3.05) is 11.5 Å². The summed E-state index contributed by atoms with van der Waals surface area (Å²) in [6, 6.07) is 27.1. The summed E-state index contributed by atoms with van der Waals surface area (Å²) in [7, 11) is 0. The van der Waals surface area contributed by atoms with Gasteiger partial charge in [0, 0.05) is 29.5 Å².